The van der Waals surface area contributed by atoms with Gasteiger partial charge in [0.1, 0.15) is 15.6 Å². The number of rotatable bonds is 6. The van der Waals surface area contributed by atoms with Crippen molar-refractivity contribution in [1.82, 2.24) is 0 Å². The number of hydrogen-bond acceptors (Lipinski definition) is 4. The van der Waals surface area contributed by atoms with Crippen LogP contribution in [0.3, 0.4) is 0 Å². The largest absolute Gasteiger partial charge is 0.429 e. The molecule has 0 aromatic rings. The van der Waals surface area contributed by atoms with Crippen LogP contribution in [0.1, 0.15) is 27.7 Å². The molecule has 1 aliphatic carbocycles. The quantitative estimate of drug-likeness (QED) is 0.225. The van der Waals surface area contributed by atoms with Crippen LogP contribution in [0.25, 0.3) is 0 Å². The van der Waals surface area contributed by atoms with Crippen LogP contribution in [-0.2, 0) is 14.4 Å². The van der Waals surface area contributed by atoms with E-state index in [1.54, 1.807) is 6.21 Å². The SMILES string of the molecule is C=C(OC(=O)C1C(/C=N/OC(C)C)C1(C)C)C(Br)Br. The number of esters is 1. The Hall–Kier alpha value is -0.360. The zero-order chi connectivity index (χ0) is 14.8. The first kappa shape index (κ1) is 16.7. The zero-order valence-corrected chi connectivity index (χ0v) is 14.7. The van der Waals surface area contributed by atoms with Gasteiger partial charge in [-0.3, -0.25) is 4.79 Å². The molecule has 0 aliphatic heterocycles. The van der Waals surface area contributed by atoms with Gasteiger partial charge in [-0.2, -0.15) is 0 Å². The van der Waals surface area contributed by atoms with Gasteiger partial charge in [-0.15, -0.1) is 0 Å². The summed E-state index contributed by atoms with van der Waals surface area (Å²) in [6, 6.07) is 0. The topological polar surface area (TPSA) is 47.9 Å². The molecule has 0 aromatic heterocycles. The summed E-state index contributed by atoms with van der Waals surface area (Å²) in [6.45, 7) is 11.5. The molecule has 0 aromatic carbocycles. The summed E-state index contributed by atoms with van der Waals surface area (Å²) in [5.41, 5.74) is -0.157. The molecule has 0 spiro atoms. The van der Waals surface area contributed by atoms with E-state index in [2.05, 4.69) is 43.6 Å². The Morgan fingerprint density at radius 2 is 2.00 bits per heavy atom. The molecular formula is C13H19Br2NO3. The number of halogens is 2. The first-order valence-corrected chi connectivity index (χ1v) is 7.89. The van der Waals surface area contributed by atoms with Crippen LogP contribution in [-0.4, -0.2) is 22.0 Å². The van der Waals surface area contributed by atoms with Crippen molar-refractivity contribution in [3.8, 4) is 0 Å². The average molecular weight is 397 g/mol. The van der Waals surface area contributed by atoms with Gasteiger partial charge in [-0.25, -0.2) is 0 Å². The van der Waals surface area contributed by atoms with Crippen molar-refractivity contribution < 1.29 is 14.4 Å². The van der Waals surface area contributed by atoms with Crippen molar-refractivity contribution in [3.05, 3.63) is 12.3 Å². The van der Waals surface area contributed by atoms with Crippen LogP contribution in [0, 0.1) is 17.3 Å². The number of nitrogens with zero attached hydrogens (tertiary/aromatic N) is 1. The first-order chi connectivity index (χ1) is 8.67. The molecule has 0 saturated heterocycles. The molecule has 4 nitrogen and oxygen atoms in total. The minimum absolute atomic E-state index is 0.0332. The van der Waals surface area contributed by atoms with E-state index >= 15 is 0 Å². The summed E-state index contributed by atoms with van der Waals surface area (Å²) in [6.07, 6.45) is 1.72. The Bertz CT molecular complexity index is 391. The summed E-state index contributed by atoms with van der Waals surface area (Å²) in [5, 5.41) is 3.90. The van der Waals surface area contributed by atoms with Gasteiger partial charge in [0, 0.05) is 12.1 Å². The van der Waals surface area contributed by atoms with E-state index < -0.39 is 0 Å². The van der Waals surface area contributed by atoms with E-state index in [0.29, 0.717) is 5.76 Å². The standard InChI is InChI=1S/C13H19Br2NO3/c1-7(2)19-16-6-9-10(13(9,4)5)12(17)18-8(3)11(14)15/h6-7,9-11H,3H2,1-2,4-5H3/b16-6+. The van der Waals surface area contributed by atoms with Crippen LogP contribution in [0.15, 0.2) is 17.5 Å². The van der Waals surface area contributed by atoms with Gasteiger partial charge in [0.15, 0.2) is 0 Å². The van der Waals surface area contributed by atoms with Gasteiger partial charge in [-0.1, -0.05) is 57.4 Å². The molecule has 1 fully saturated rings. The van der Waals surface area contributed by atoms with E-state index in [1.807, 2.05) is 27.7 Å². The molecule has 0 amide bonds. The maximum atomic E-state index is 12.0. The van der Waals surface area contributed by atoms with Gasteiger partial charge in [-0.05, 0) is 19.3 Å². The van der Waals surface area contributed by atoms with E-state index in [1.165, 1.54) is 0 Å². The Balaban J connectivity index is 2.57. The number of ether oxygens (including phenoxy) is 1. The Morgan fingerprint density at radius 1 is 1.42 bits per heavy atom. The molecule has 1 rings (SSSR count). The maximum Gasteiger partial charge on any atom is 0.315 e. The van der Waals surface area contributed by atoms with Gasteiger partial charge in [0.05, 0.1) is 5.92 Å². The maximum absolute atomic E-state index is 12.0. The lowest BCUT2D eigenvalue weighted by molar-refractivity contribution is -0.141. The number of hydrogen-bond donors (Lipinski definition) is 0. The lowest BCUT2D eigenvalue weighted by Crippen LogP contribution is -2.12. The van der Waals surface area contributed by atoms with Crippen molar-refractivity contribution in [2.24, 2.45) is 22.4 Å². The highest BCUT2D eigenvalue weighted by Gasteiger charge is 2.62. The van der Waals surface area contributed by atoms with E-state index in [9.17, 15) is 4.79 Å². The molecule has 0 radical (unpaired) electrons. The second-order valence-corrected chi connectivity index (χ2v) is 8.48. The molecule has 1 saturated carbocycles. The fraction of sp³-hybridized carbons (Fsp3) is 0.692. The van der Waals surface area contributed by atoms with Gasteiger partial charge < -0.3 is 9.57 Å². The third-order valence-electron chi connectivity index (χ3n) is 3.13. The smallest absolute Gasteiger partial charge is 0.315 e. The van der Waals surface area contributed by atoms with Crippen molar-refractivity contribution >= 4 is 44.0 Å². The monoisotopic (exact) mass is 395 g/mol. The molecule has 1 aliphatic rings. The molecular weight excluding hydrogens is 378 g/mol. The third kappa shape index (κ3) is 4.31. The average Bonchev–Trinajstić information content (AvgIpc) is 2.79. The minimum Gasteiger partial charge on any atom is -0.429 e. The predicted octanol–water partition coefficient (Wildman–Crippen LogP) is 3.84. The molecule has 19 heavy (non-hydrogen) atoms. The van der Waals surface area contributed by atoms with E-state index in [0.717, 1.165) is 0 Å². The molecule has 6 heteroatoms. The van der Waals surface area contributed by atoms with Crippen LogP contribution in [0.4, 0.5) is 0 Å². The summed E-state index contributed by atoms with van der Waals surface area (Å²) < 4.78 is 4.97. The van der Waals surface area contributed by atoms with Gasteiger partial charge in [0.25, 0.3) is 0 Å². The summed E-state index contributed by atoms with van der Waals surface area (Å²) >= 11 is 6.47. The lowest BCUT2D eigenvalue weighted by Gasteiger charge is -2.08. The van der Waals surface area contributed by atoms with Crippen LogP contribution in [0.2, 0.25) is 0 Å². The highest BCUT2D eigenvalue weighted by atomic mass is 79.9. The predicted molar refractivity (Wildman–Crippen MR) is 82.3 cm³/mol. The Morgan fingerprint density at radius 3 is 2.47 bits per heavy atom. The molecule has 0 N–H and O–H groups in total. The number of carbonyl (C=O) groups excluding carboxylic acids is 1. The van der Waals surface area contributed by atoms with Crippen molar-refractivity contribution in [2.75, 3.05) is 0 Å². The third-order valence-corrected chi connectivity index (χ3v) is 4.15. The molecule has 0 heterocycles. The molecule has 0 bridgehead atoms. The van der Waals surface area contributed by atoms with Crippen molar-refractivity contribution in [1.29, 1.82) is 0 Å². The van der Waals surface area contributed by atoms with E-state index in [-0.39, 0.29) is 33.1 Å². The zero-order valence-electron chi connectivity index (χ0n) is 11.5. The van der Waals surface area contributed by atoms with Crippen molar-refractivity contribution in [3.63, 3.8) is 0 Å². The number of carbonyl (C=O) groups is 1. The number of allylic oxidation sites excluding steroid dienone is 1. The minimum atomic E-state index is -0.278. The fourth-order valence-electron chi connectivity index (χ4n) is 1.87. The Kier molecular flexibility index (Phi) is 5.62. The summed E-state index contributed by atoms with van der Waals surface area (Å²) in [4.78, 5) is 17.1. The Labute approximate surface area is 130 Å². The second-order valence-electron chi connectivity index (χ2n) is 5.42. The number of alkyl halides is 2. The highest BCUT2D eigenvalue weighted by molar-refractivity contribution is 9.24. The lowest BCUT2D eigenvalue weighted by atomic mass is 10.1. The summed E-state index contributed by atoms with van der Waals surface area (Å²) in [5.74, 6) is -0.0973. The van der Waals surface area contributed by atoms with E-state index in [4.69, 9.17) is 9.57 Å². The first-order valence-electron chi connectivity index (χ1n) is 6.05. The van der Waals surface area contributed by atoms with Crippen molar-refractivity contribution in [2.45, 2.75) is 37.5 Å². The van der Waals surface area contributed by atoms with Crippen LogP contribution in [0.5, 0.6) is 0 Å². The summed E-state index contributed by atoms with van der Waals surface area (Å²) in [7, 11) is 0. The molecule has 2 atom stereocenters. The van der Waals surface area contributed by atoms with Gasteiger partial charge >= 0.3 is 5.97 Å². The normalized spacial score (nSPS) is 24.8. The second kappa shape index (κ2) is 6.39. The molecule has 108 valence electrons. The van der Waals surface area contributed by atoms with Crippen LogP contribution < -0.4 is 0 Å². The van der Waals surface area contributed by atoms with Gasteiger partial charge in [0.2, 0.25) is 0 Å². The highest BCUT2D eigenvalue weighted by Crippen LogP contribution is 2.57. The van der Waals surface area contributed by atoms with Crippen LogP contribution >= 0.6 is 31.9 Å². The number of oxime groups is 1. The fourth-order valence-corrected chi connectivity index (χ4v) is 2.05. The molecule has 2 unspecified atom stereocenters.